The van der Waals surface area contributed by atoms with E-state index in [1.54, 1.807) is 13.8 Å². The summed E-state index contributed by atoms with van der Waals surface area (Å²) in [4.78, 5) is 15.7. The Morgan fingerprint density at radius 1 is 1.17 bits per heavy atom. The number of esters is 1. The van der Waals surface area contributed by atoms with Crippen molar-refractivity contribution in [1.29, 1.82) is 0 Å². The molecule has 1 aromatic heterocycles. The maximum atomic E-state index is 14.0. The summed E-state index contributed by atoms with van der Waals surface area (Å²) in [5, 5.41) is 0. The van der Waals surface area contributed by atoms with Crippen LogP contribution in [-0.2, 0) is 10.9 Å². The normalized spacial score (nSPS) is 11.6. The molecule has 3 nitrogen and oxygen atoms in total. The quantitative estimate of drug-likeness (QED) is 0.617. The Morgan fingerprint density at radius 3 is 2.43 bits per heavy atom. The summed E-state index contributed by atoms with van der Waals surface area (Å²) in [5.74, 6) is -1.75. The average molecular weight is 327 g/mol. The fourth-order valence-corrected chi connectivity index (χ4v) is 1.87. The van der Waals surface area contributed by atoms with Crippen LogP contribution in [0.2, 0.25) is 0 Å². The van der Waals surface area contributed by atoms with E-state index in [-0.39, 0.29) is 23.1 Å². The number of carbonyl (C=O) groups excluding carboxylic acids is 1. The fraction of sp³-hybridized carbons (Fsp3) is 0.250. The van der Waals surface area contributed by atoms with Crippen molar-refractivity contribution in [2.45, 2.75) is 26.1 Å². The molecule has 23 heavy (non-hydrogen) atoms. The van der Waals surface area contributed by atoms with Gasteiger partial charge in [0.2, 0.25) is 0 Å². The fourth-order valence-electron chi connectivity index (χ4n) is 1.87. The first-order chi connectivity index (χ1) is 10.7. The van der Waals surface area contributed by atoms with Gasteiger partial charge >= 0.3 is 12.1 Å². The van der Waals surface area contributed by atoms with Gasteiger partial charge in [-0.15, -0.1) is 0 Å². The minimum absolute atomic E-state index is 0.0458. The van der Waals surface area contributed by atoms with Crippen LogP contribution in [0.15, 0.2) is 36.4 Å². The van der Waals surface area contributed by atoms with Gasteiger partial charge in [-0.2, -0.15) is 13.2 Å². The second kappa shape index (κ2) is 6.36. The molecular formula is C16H13F4NO2. The van der Waals surface area contributed by atoms with Gasteiger partial charge < -0.3 is 4.74 Å². The van der Waals surface area contributed by atoms with Gasteiger partial charge in [-0.3, -0.25) is 0 Å². The molecule has 2 aromatic rings. The number of rotatable bonds is 3. The molecule has 0 unspecified atom stereocenters. The topological polar surface area (TPSA) is 39.2 Å². The maximum Gasteiger partial charge on any atom is 0.416 e. The smallest absolute Gasteiger partial charge is 0.416 e. The molecule has 0 N–H and O–H groups in total. The lowest BCUT2D eigenvalue weighted by Gasteiger charge is -2.10. The molecule has 0 bridgehead atoms. The molecule has 0 saturated heterocycles. The molecule has 0 atom stereocenters. The highest BCUT2D eigenvalue weighted by Crippen LogP contribution is 2.32. The molecule has 0 radical (unpaired) electrons. The molecule has 1 aromatic carbocycles. The zero-order chi connectivity index (χ0) is 17.2. The summed E-state index contributed by atoms with van der Waals surface area (Å²) in [5.41, 5.74) is -1.21. The van der Waals surface area contributed by atoms with Crippen LogP contribution >= 0.6 is 0 Å². The Hall–Kier alpha value is -2.44. The summed E-state index contributed by atoms with van der Waals surface area (Å²) in [6, 6.07) is 6.39. The second-order valence-corrected chi connectivity index (χ2v) is 5.05. The molecule has 0 aliphatic rings. The molecule has 7 heteroatoms. The van der Waals surface area contributed by atoms with Crippen molar-refractivity contribution in [3.05, 3.63) is 53.5 Å². The van der Waals surface area contributed by atoms with Crippen LogP contribution in [0.4, 0.5) is 17.6 Å². The zero-order valence-corrected chi connectivity index (χ0v) is 12.3. The van der Waals surface area contributed by atoms with Gasteiger partial charge in [0, 0.05) is 5.56 Å². The van der Waals surface area contributed by atoms with Gasteiger partial charge in [-0.05, 0) is 44.2 Å². The molecule has 2 rings (SSSR count). The van der Waals surface area contributed by atoms with Gasteiger partial charge in [0.1, 0.15) is 11.5 Å². The van der Waals surface area contributed by atoms with Crippen LogP contribution < -0.4 is 0 Å². The van der Waals surface area contributed by atoms with Crippen molar-refractivity contribution >= 4 is 5.97 Å². The number of aromatic nitrogens is 1. The van der Waals surface area contributed by atoms with E-state index in [4.69, 9.17) is 4.74 Å². The molecule has 0 fully saturated rings. The van der Waals surface area contributed by atoms with Crippen molar-refractivity contribution < 1.29 is 27.1 Å². The number of nitrogens with zero attached hydrogens (tertiary/aromatic N) is 1. The average Bonchev–Trinajstić information content (AvgIpc) is 2.45. The molecule has 122 valence electrons. The zero-order valence-electron chi connectivity index (χ0n) is 12.3. The van der Waals surface area contributed by atoms with E-state index in [0.29, 0.717) is 6.07 Å². The predicted octanol–water partition coefficient (Wildman–Crippen LogP) is 4.47. The molecule has 0 spiro atoms. The molecular weight excluding hydrogens is 314 g/mol. The summed E-state index contributed by atoms with van der Waals surface area (Å²) in [6.07, 6.45) is -4.98. The van der Waals surface area contributed by atoms with Crippen LogP contribution in [0.5, 0.6) is 0 Å². The third-order valence-corrected chi connectivity index (χ3v) is 2.87. The lowest BCUT2D eigenvalue weighted by Crippen LogP contribution is -2.13. The Kier molecular flexibility index (Phi) is 4.68. The third-order valence-electron chi connectivity index (χ3n) is 2.87. The number of carbonyl (C=O) groups is 1. The number of hydrogen-bond donors (Lipinski definition) is 0. The van der Waals surface area contributed by atoms with Crippen molar-refractivity contribution in [2.75, 3.05) is 0 Å². The summed E-state index contributed by atoms with van der Waals surface area (Å²) >= 11 is 0. The monoisotopic (exact) mass is 327 g/mol. The maximum absolute atomic E-state index is 14.0. The van der Waals surface area contributed by atoms with Crippen LogP contribution in [0.3, 0.4) is 0 Å². The van der Waals surface area contributed by atoms with Crippen LogP contribution in [0, 0.1) is 5.82 Å². The Morgan fingerprint density at radius 2 is 1.87 bits per heavy atom. The largest absolute Gasteiger partial charge is 0.458 e. The van der Waals surface area contributed by atoms with E-state index >= 15 is 0 Å². The van der Waals surface area contributed by atoms with E-state index in [2.05, 4.69) is 4.98 Å². The second-order valence-electron chi connectivity index (χ2n) is 5.05. The first-order valence-corrected chi connectivity index (χ1v) is 6.73. The first-order valence-electron chi connectivity index (χ1n) is 6.73. The summed E-state index contributed by atoms with van der Waals surface area (Å²) < 4.78 is 56.6. The first kappa shape index (κ1) is 16.9. The number of pyridine rings is 1. The number of ether oxygens (including phenoxy) is 1. The van der Waals surface area contributed by atoms with Gasteiger partial charge in [-0.25, -0.2) is 14.2 Å². The molecule has 0 amide bonds. The highest BCUT2D eigenvalue weighted by molar-refractivity contribution is 5.88. The Labute approximate surface area is 129 Å². The van der Waals surface area contributed by atoms with Crippen LogP contribution in [-0.4, -0.2) is 17.1 Å². The minimum Gasteiger partial charge on any atom is -0.458 e. The molecule has 0 aliphatic heterocycles. The van der Waals surface area contributed by atoms with Gasteiger partial charge in [-0.1, -0.05) is 6.07 Å². The standard InChI is InChI=1S/C16H13F4NO2/c1-9(2)23-15(22)14-5-3-4-13(21-14)11-7-6-10(8-12(11)17)16(18,19)20/h3-9H,1-2H3. The predicted molar refractivity (Wildman–Crippen MR) is 75.2 cm³/mol. The van der Waals surface area contributed by atoms with E-state index in [9.17, 15) is 22.4 Å². The number of alkyl halides is 3. The number of hydrogen-bond acceptors (Lipinski definition) is 3. The Balaban J connectivity index is 2.38. The van der Waals surface area contributed by atoms with E-state index in [1.807, 2.05) is 0 Å². The minimum atomic E-state index is -4.63. The van der Waals surface area contributed by atoms with Crippen molar-refractivity contribution in [2.24, 2.45) is 0 Å². The lowest BCUT2D eigenvalue weighted by atomic mass is 10.1. The highest BCUT2D eigenvalue weighted by Gasteiger charge is 2.31. The van der Waals surface area contributed by atoms with Crippen molar-refractivity contribution in [1.82, 2.24) is 4.98 Å². The van der Waals surface area contributed by atoms with Crippen molar-refractivity contribution in [3.63, 3.8) is 0 Å². The highest BCUT2D eigenvalue weighted by atomic mass is 19.4. The molecule has 1 heterocycles. The van der Waals surface area contributed by atoms with Crippen LogP contribution in [0.25, 0.3) is 11.3 Å². The van der Waals surface area contributed by atoms with Gasteiger partial charge in [0.15, 0.2) is 0 Å². The summed E-state index contributed by atoms with van der Waals surface area (Å²) in [7, 11) is 0. The lowest BCUT2D eigenvalue weighted by molar-refractivity contribution is -0.137. The SMILES string of the molecule is CC(C)OC(=O)c1cccc(-c2ccc(C(F)(F)F)cc2F)n1. The molecule has 0 aliphatic carbocycles. The van der Waals surface area contributed by atoms with Gasteiger partial charge in [0.05, 0.1) is 17.4 Å². The summed E-state index contributed by atoms with van der Waals surface area (Å²) in [6.45, 7) is 3.33. The van der Waals surface area contributed by atoms with Gasteiger partial charge in [0.25, 0.3) is 0 Å². The Bertz CT molecular complexity index is 726. The van der Waals surface area contributed by atoms with Crippen molar-refractivity contribution in [3.8, 4) is 11.3 Å². The van der Waals surface area contributed by atoms with E-state index in [1.165, 1.54) is 18.2 Å². The number of benzene rings is 1. The van der Waals surface area contributed by atoms with E-state index in [0.717, 1.165) is 12.1 Å². The van der Waals surface area contributed by atoms with E-state index < -0.39 is 23.5 Å². The number of halogens is 4. The third kappa shape index (κ3) is 4.06. The van der Waals surface area contributed by atoms with Crippen LogP contribution in [0.1, 0.15) is 29.9 Å². The molecule has 0 saturated carbocycles.